The van der Waals surface area contributed by atoms with Crippen LogP contribution in [0.3, 0.4) is 0 Å². The third-order valence-electron chi connectivity index (χ3n) is 11.5. The average molecular weight is 716 g/mol. The van der Waals surface area contributed by atoms with Gasteiger partial charge >= 0.3 is 0 Å². The maximum Gasteiger partial charge on any atom is 0.265 e. The van der Waals surface area contributed by atoms with Gasteiger partial charge in [-0.2, -0.15) is 0 Å². The number of nitrogens with zero attached hydrogens (tertiary/aromatic N) is 4. The average Bonchev–Trinajstić information content (AvgIpc) is 3.57. The number of fused-ring (bicyclic) bond motifs is 3. The molecule has 2 atom stereocenters. The number of benzene rings is 3. The molecule has 11 heteroatoms. The van der Waals surface area contributed by atoms with Crippen molar-refractivity contribution in [3.63, 3.8) is 0 Å². The van der Waals surface area contributed by atoms with Crippen LogP contribution in [-0.4, -0.2) is 71.3 Å². The summed E-state index contributed by atoms with van der Waals surface area (Å²) in [5, 5.41) is -0.0427. The highest BCUT2D eigenvalue weighted by Crippen LogP contribution is 2.45. The van der Waals surface area contributed by atoms with Crippen LogP contribution < -0.4 is 4.72 Å². The number of hydrogen-bond donors (Lipinski definition) is 1. The van der Waals surface area contributed by atoms with Crippen molar-refractivity contribution in [2.45, 2.75) is 94.2 Å². The summed E-state index contributed by atoms with van der Waals surface area (Å²) in [6, 6.07) is 25.0. The van der Waals surface area contributed by atoms with Gasteiger partial charge in [0.05, 0.1) is 16.1 Å². The Kier molecular flexibility index (Phi) is 9.56. The van der Waals surface area contributed by atoms with E-state index in [1.165, 1.54) is 36.1 Å². The first-order chi connectivity index (χ1) is 24.0. The molecule has 1 aromatic heterocycles. The van der Waals surface area contributed by atoms with Crippen LogP contribution >= 0.6 is 11.6 Å². The predicted molar refractivity (Wildman–Crippen MR) is 196 cm³/mol. The van der Waals surface area contributed by atoms with Crippen molar-refractivity contribution in [2.24, 2.45) is 5.92 Å². The van der Waals surface area contributed by atoms with Crippen LogP contribution in [0.2, 0.25) is 5.02 Å². The molecule has 4 heterocycles. The molecule has 7 rings (SSSR count). The van der Waals surface area contributed by atoms with Crippen molar-refractivity contribution >= 4 is 44.5 Å². The Labute approximate surface area is 300 Å². The molecule has 3 aliphatic rings. The molecular weight excluding hydrogens is 670 g/mol. The number of piperidine rings is 2. The van der Waals surface area contributed by atoms with Gasteiger partial charge in [-0.25, -0.2) is 18.1 Å². The number of carbonyl (C=O) groups excluding carboxylic acids is 2. The third kappa shape index (κ3) is 6.58. The zero-order valence-corrected chi connectivity index (χ0v) is 30.6. The molecule has 3 fully saturated rings. The largest absolute Gasteiger partial charge is 0.339 e. The van der Waals surface area contributed by atoms with Gasteiger partial charge in [-0.3, -0.25) is 14.5 Å². The molecule has 50 heavy (non-hydrogen) atoms. The lowest BCUT2D eigenvalue weighted by molar-refractivity contribution is -0.122. The third-order valence-corrected chi connectivity index (χ3v) is 13.3. The number of imidazole rings is 1. The predicted octanol–water partition coefficient (Wildman–Crippen LogP) is 6.89. The minimum atomic E-state index is -4.24. The molecule has 0 radical (unpaired) electrons. The summed E-state index contributed by atoms with van der Waals surface area (Å²) in [5.74, 6) is -0.300. The lowest BCUT2D eigenvalue weighted by Crippen LogP contribution is -2.49. The second-order valence-corrected chi connectivity index (χ2v) is 16.8. The quantitative estimate of drug-likeness (QED) is 0.203. The Morgan fingerprint density at radius 2 is 1.60 bits per heavy atom. The monoisotopic (exact) mass is 715 g/mol. The molecule has 0 saturated carbocycles. The summed E-state index contributed by atoms with van der Waals surface area (Å²) < 4.78 is 30.6. The number of nitrogens with one attached hydrogen (secondary N) is 1. The van der Waals surface area contributed by atoms with Crippen LogP contribution in [0.25, 0.3) is 11.0 Å². The molecule has 3 aromatic carbocycles. The van der Waals surface area contributed by atoms with Crippen LogP contribution in [0.1, 0.15) is 86.6 Å². The topological polar surface area (TPSA) is 105 Å². The number of amides is 2. The molecule has 2 bridgehead atoms. The number of para-hydroxylation sites is 2. The zero-order valence-electron chi connectivity index (χ0n) is 29.0. The lowest BCUT2D eigenvalue weighted by Gasteiger charge is -2.45. The first kappa shape index (κ1) is 34.7. The Bertz CT molecular complexity index is 1990. The number of halogens is 1. The SMILES string of the molecule is Cc1nc2ccccc2n1C1CC2CCC(C1)N2CCC1(c2ccccc2)CCN(C(=O)c2ccc(Cl)c(S(=O)(=O)NC(=O)C(C)C)c2)CC1. The molecule has 9 nitrogen and oxygen atoms in total. The second-order valence-electron chi connectivity index (χ2n) is 14.7. The molecule has 2 amide bonds. The first-order valence-corrected chi connectivity index (χ1v) is 19.7. The molecular formula is C39H46ClN5O4S. The highest BCUT2D eigenvalue weighted by atomic mass is 35.5. The van der Waals surface area contributed by atoms with E-state index in [9.17, 15) is 18.0 Å². The zero-order chi connectivity index (χ0) is 35.2. The van der Waals surface area contributed by atoms with Gasteiger partial charge in [0.15, 0.2) is 0 Å². The van der Waals surface area contributed by atoms with Crippen molar-refractivity contribution in [1.82, 2.24) is 24.1 Å². The number of rotatable bonds is 9. The Hall–Kier alpha value is -3.73. The van der Waals surface area contributed by atoms with E-state index < -0.39 is 21.8 Å². The van der Waals surface area contributed by atoms with E-state index in [-0.39, 0.29) is 26.8 Å². The van der Waals surface area contributed by atoms with Crippen molar-refractivity contribution in [2.75, 3.05) is 19.6 Å². The van der Waals surface area contributed by atoms with Gasteiger partial charge < -0.3 is 9.47 Å². The van der Waals surface area contributed by atoms with Gasteiger partial charge in [0.1, 0.15) is 10.7 Å². The smallest absolute Gasteiger partial charge is 0.265 e. The molecule has 1 N–H and O–H groups in total. The molecule has 0 spiro atoms. The molecule has 0 aliphatic carbocycles. The number of aryl methyl sites for hydroxylation is 1. The van der Waals surface area contributed by atoms with Gasteiger partial charge in [0.2, 0.25) is 5.91 Å². The van der Waals surface area contributed by atoms with E-state index in [4.69, 9.17) is 16.6 Å². The summed E-state index contributed by atoms with van der Waals surface area (Å²) in [5.41, 5.74) is 3.80. The van der Waals surface area contributed by atoms with Crippen molar-refractivity contribution in [1.29, 1.82) is 0 Å². The normalized spacial score (nSPS) is 22.3. The van der Waals surface area contributed by atoms with Crippen LogP contribution in [0.15, 0.2) is 77.7 Å². The van der Waals surface area contributed by atoms with Gasteiger partial charge in [0.25, 0.3) is 15.9 Å². The van der Waals surface area contributed by atoms with Gasteiger partial charge in [-0.1, -0.05) is 67.9 Å². The van der Waals surface area contributed by atoms with E-state index >= 15 is 0 Å². The van der Waals surface area contributed by atoms with Crippen molar-refractivity contribution < 1.29 is 18.0 Å². The molecule has 264 valence electrons. The Balaban J connectivity index is 1.05. The van der Waals surface area contributed by atoms with Crippen LogP contribution in [0.4, 0.5) is 0 Å². The molecule has 4 aromatic rings. The number of sulfonamides is 1. The maximum absolute atomic E-state index is 13.8. The summed E-state index contributed by atoms with van der Waals surface area (Å²) in [7, 11) is -4.24. The van der Waals surface area contributed by atoms with Crippen LogP contribution in [0.5, 0.6) is 0 Å². The highest BCUT2D eigenvalue weighted by molar-refractivity contribution is 7.90. The fourth-order valence-electron chi connectivity index (χ4n) is 8.73. The van der Waals surface area contributed by atoms with E-state index in [0.29, 0.717) is 31.2 Å². The number of likely N-dealkylation sites (tertiary alicyclic amines) is 1. The number of hydrogen-bond acceptors (Lipinski definition) is 6. The Morgan fingerprint density at radius 3 is 2.28 bits per heavy atom. The van der Waals surface area contributed by atoms with Crippen molar-refractivity contribution in [3.8, 4) is 0 Å². The lowest BCUT2D eigenvalue weighted by atomic mass is 9.70. The van der Waals surface area contributed by atoms with E-state index in [0.717, 1.165) is 50.0 Å². The van der Waals surface area contributed by atoms with Crippen LogP contribution in [-0.2, 0) is 20.2 Å². The van der Waals surface area contributed by atoms with Gasteiger partial charge in [0, 0.05) is 42.7 Å². The molecule has 3 saturated heterocycles. The molecule has 3 aliphatic heterocycles. The standard InChI is InChI=1S/C39H46ClN5O4S/c1-26(2)37(46)42-50(48,49)36-23-28(13-16-33(36)40)38(47)43-20-17-39(18-21-43,29-9-5-4-6-10-29)19-22-44-30-14-15-31(44)25-32(24-30)45-27(3)41-34-11-7-8-12-35(34)45/h4-13,16,23,26,30-32H,14-15,17-22,24-25H2,1-3H3,(H,42,46). The van der Waals surface area contributed by atoms with Crippen LogP contribution in [0, 0.1) is 12.8 Å². The number of aromatic nitrogens is 2. The van der Waals surface area contributed by atoms with Gasteiger partial charge in [-0.05, 0) is 99.7 Å². The number of carbonyl (C=O) groups is 2. The van der Waals surface area contributed by atoms with E-state index in [1.54, 1.807) is 19.9 Å². The fourth-order valence-corrected chi connectivity index (χ4v) is 10.4. The minimum Gasteiger partial charge on any atom is -0.339 e. The van der Waals surface area contributed by atoms with Gasteiger partial charge in [-0.15, -0.1) is 0 Å². The fraction of sp³-hybridized carbons (Fsp3) is 0.462. The summed E-state index contributed by atoms with van der Waals surface area (Å²) in [6.07, 6.45) is 7.38. The summed E-state index contributed by atoms with van der Waals surface area (Å²) in [6.45, 7) is 7.49. The molecule has 2 unspecified atom stereocenters. The minimum absolute atomic E-state index is 0.0427. The Morgan fingerprint density at radius 1 is 0.940 bits per heavy atom. The van der Waals surface area contributed by atoms with E-state index in [1.807, 2.05) is 4.90 Å². The van der Waals surface area contributed by atoms with E-state index in [2.05, 4.69) is 75.7 Å². The maximum atomic E-state index is 13.8. The second kappa shape index (κ2) is 13.8. The van der Waals surface area contributed by atoms with Crippen molar-refractivity contribution in [3.05, 3.63) is 94.8 Å². The first-order valence-electron chi connectivity index (χ1n) is 17.9. The highest BCUT2D eigenvalue weighted by Gasteiger charge is 2.44. The summed E-state index contributed by atoms with van der Waals surface area (Å²) >= 11 is 6.26. The summed E-state index contributed by atoms with van der Waals surface area (Å²) in [4.78, 5) is 35.2.